The highest BCUT2D eigenvalue weighted by molar-refractivity contribution is 6.15. The summed E-state index contributed by atoms with van der Waals surface area (Å²) >= 11 is 0. The van der Waals surface area contributed by atoms with Crippen molar-refractivity contribution in [3.8, 4) is 11.5 Å². The van der Waals surface area contributed by atoms with Crippen LogP contribution in [0.2, 0.25) is 0 Å². The Morgan fingerprint density at radius 2 is 1.85 bits per heavy atom. The maximum atomic E-state index is 13.1. The molecule has 0 radical (unpaired) electrons. The third kappa shape index (κ3) is 4.56. The number of hydrogen-bond donors (Lipinski definition) is 1. The van der Waals surface area contributed by atoms with Crippen LogP contribution in [0.25, 0.3) is 0 Å². The first-order valence-electron chi connectivity index (χ1n) is 12.4. The van der Waals surface area contributed by atoms with E-state index in [4.69, 9.17) is 9.73 Å². The van der Waals surface area contributed by atoms with Crippen molar-refractivity contribution in [2.45, 2.75) is 65.1 Å². The van der Waals surface area contributed by atoms with Gasteiger partial charge in [-0.25, -0.2) is 0 Å². The molecule has 2 unspecified atom stereocenters. The summed E-state index contributed by atoms with van der Waals surface area (Å²) in [5.41, 5.74) is 4.63. The van der Waals surface area contributed by atoms with E-state index in [0.29, 0.717) is 17.9 Å². The normalized spacial score (nSPS) is 20.1. The molecule has 0 spiro atoms. The third-order valence-corrected chi connectivity index (χ3v) is 6.91. The number of hydrogen-bond acceptors (Lipinski definition) is 5. The van der Waals surface area contributed by atoms with Crippen molar-refractivity contribution in [3.05, 3.63) is 58.7 Å². The Morgan fingerprint density at radius 1 is 1.18 bits per heavy atom. The molecule has 1 N–H and O–H groups in total. The van der Waals surface area contributed by atoms with Crippen molar-refractivity contribution in [2.75, 3.05) is 26.7 Å². The number of nitrogens with zero attached hydrogens (tertiary/aromatic N) is 3. The zero-order chi connectivity index (χ0) is 24.6. The predicted molar refractivity (Wildman–Crippen MR) is 136 cm³/mol. The summed E-state index contributed by atoms with van der Waals surface area (Å²) in [6, 6.07) is 12.0. The van der Waals surface area contributed by atoms with Gasteiger partial charge in [0.15, 0.2) is 11.5 Å². The third-order valence-electron chi connectivity index (χ3n) is 6.91. The van der Waals surface area contributed by atoms with Gasteiger partial charge in [-0.3, -0.25) is 9.79 Å². The van der Waals surface area contributed by atoms with Crippen molar-refractivity contribution in [2.24, 2.45) is 4.99 Å². The van der Waals surface area contributed by atoms with Crippen LogP contribution in [0.4, 0.5) is 0 Å². The second-order valence-corrected chi connectivity index (χ2v) is 10.0. The van der Waals surface area contributed by atoms with Gasteiger partial charge >= 0.3 is 0 Å². The van der Waals surface area contributed by atoms with Crippen LogP contribution in [0, 0.1) is 0 Å². The smallest absolute Gasteiger partial charge is 0.254 e. The number of carbonyl (C=O) groups is 1. The van der Waals surface area contributed by atoms with Gasteiger partial charge in [0.1, 0.15) is 0 Å². The average molecular weight is 464 g/mol. The molecule has 182 valence electrons. The molecule has 4 rings (SSSR count). The van der Waals surface area contributed by atoms with Crippen LogP contribution in [-0.4, -0.2) is 71.4 Å². The predicted octanol–water partition coefficient (Wildman–Crippen LogP) is 4.69. The van der Waals surface area contributed by atoms with E-state index in [2.05, 4.69) is 11.9 Å². The first-order chi connectivity index (χ1) is 16.2. The van der Waals surface area contributed by atoms with Crippen molar-refractivity contribution < 1.29 is 14.6 Å². The molecule has 2 atom stereocenters. The molecule has 6 nitrogen and oxygen atoms in total. The molecule has 1 saturated heterocycles. The molecule has 0 bridgehead atoms. The van der Waals surface area contributed by atoms with E-state index < -0.39 is 0 Å². The van der Waals surface area contributed by atoms with Crippen molar-refractivity contribution >= 4 is 11.6 Å². The molecule has 0 aliphatic carbocycles. The fourth-order valence-corrected chi connectivity index (χ4v) is 5.38. The number of amides is 1. The van der Waals surface area contributed by atoms with E-state index in [1.807, 2.05) is 69.9 Å². The number of likely N-dealkylation sites (N-methyl/N-ethyl adjacent to an activating group) is 1. The Balaban J connectivity index is 1.73. The molecule has 2 heterocycles. The molecular formula is C28H37N3O3. The number of carbonyl (C=O) groups excluding carboxylic acids is 1. The van der Waals surface area contributed by atoms with Gasteiger partial charge < -0.3 is 19.6 Å². The summed E-state index contributed by atoms with van der Waals surface area (Å²) in [4.78, 5) is 22.5. The van der Waals surface area contributed by atoms with E-state index in [9.17, 15) is 9.90 Å². The van der Waals surface area contributed by atoms with Crippen molar-refractivity contribution in [3.63, 3.8) is 0 Å². The maximum Gasteiger partial charge on any atom is 0.254 e. The first-order valence-corrected chi connectivity index (χ1v) is 12.4. The number of benzene rings is 2. The van der Waals surface area contributed by atoms with Crippen LogP contribution in [0.15, 0.2) is 41.4 Å². The lowest BCUT2D eigenvalue weighted by Gasteiger charge is -2.39. The van der Waals surface area contributed by atoms with E-state index in [1.54, 1.807) is 6.07 Å². The minimum Gasteiger partial charge on any atom is -0.504 e. The number of phenolic OH excluding ortho intramolecular Hbond substituents is 1. The highest BCUT2D eigenvalue weighted by Crippen LogP contribution is 2.41. The Labute approximate surface area is 203 Å². The molecule has 1 fully saturated rings. The van der Waals surface area contributed by atoms with Gasteiger partial charge in [0, 0.05) is 41.2 Å². The van der Waals surface area contributed by atoms with Gasteiger partial charge in [-0.15, -0.1) is 0 Å². The number of likely N-dealkylation sites (tertiary alicyclic amines) is 1. The minimum atomic E-state index is 0.0388. The molecule has 1 amide bonds. The van der Waals surface area contributed by atoms with Crippen LogP contribution in [0.1, 0.15) is 74.0 Å². The number of phenols is 1. The number of aromatic hydroxyl groups is 1. The second kappa shape index (κ2) is 9.79. The quantitative estimate of drug-likeness (QED) is 0.675. The number of ether oxygens (including phenoxy) is 1. The van der Waals surface area contributed by atoms with Gasteiger partial charge in [0.2, 0.25) is 0 Å². The van der Waals surface area contributed by atoms with Crippen LogP contribution < -0.4 is 4.74 Å². The fourth-order valence-electron chi connectivity index (χ4n) is 5.38. The summed E-state index contributed by atoms with van der Waals surface area (Å²) < 4.78 is 5.71. The fraction of sp³-hybridized carbons (Fsp3) is 0.500. The summed E-state index contributed by atoms with van der Waals surface area (Å²) in [5.74, 6) is 0.964. The molecule has 6 heteroatoms. The van der Waals surface area contributed by atoms with Gasteiger partial charge in [-0.05, 0) is 84.5 Å². The molecule has 0 aromatic heterocycles. The Bertz CT molecular complexity index is 1070. The van der Waals surface area contributed by atoms with Crippen LogP contribution >= 0.6 is 0 Å². The highest BCUT2D eigenvalue weighted by atomic mass is 16.5. The number of aliphatic imine (C=N–C) groups is 1. The lowest BCUT2D eigenvalue weighted by molar-refractivity contribution is 0.0643. The Hall–Kier alpha value is -2.86. The topological polar surface area (TPSA) is 65.4 Å². The average Bonchev–Trinajstić information content (AvgIpc) is 2.79. The van der Waals surface area contributed by atoms with Gasteiger partial charge in [-0.1, -0.05) is 12.1 Å². The maximum absolute atomic E-state index is 13.1. The number of piperidine rings is 1. The summed E-state index contributed by atoms with van der Waals surface area (Å²) in [6.45, 7) is 12.5. The second-order valence-electron chi connectivity index (χ2n) is 10.0. The molecule has 2 aliphatic rings. The SMILES string of the molecule is CCOc1cc2c(cc1O)C(c1ccc(C(=O)N(C(C)C)C(C)C)cc1)=NC1CCN(C)CC21. The van der Waals surface area contributed by atoms with E-state index in [0.717, 1.165) is 36.3 Å². The summed E-state index contributed by atoms with van der Waals surface area (Å²) in [6.07, 6.45) is 0.989. The van der Waals surface area contributed by atoms with E-state index in [1.165, 1.54) is 5.56 Å². The van der Waals surface area contributed by atoms with E-state index in [-0.39, 0.29) is 35.7 Å². The lowest BCUT2D eigenvalue weighted by Crippen LogP contribution is -2.42. The van der Waals surface area contributed by atoms with Gasteiger partial charge in [-0.2, -0.15) is 0 Å². The zero-order valence-corrected chi connectivity index (χ0v) is 21.2. The van der Waals surface area contributed by atoms with Crippen LogP contribution in [0.3, 0.4) is 0 Å². The lowest BCUT2D eigenvalue weighted by atomic mass is 9.79. The van der Waals surface area contributed by atoms with Crippen molar-refractivity contribution in [1.82, 2.24) is 9.80 Å². The summed E-state index contributed by atoms with van der Waals surface area (Å²) in [5, 5.41) is 10.7. The van der Waals surface area contributed by atoms with Gasteiger partial charge in [0.05, 0.1) is 18.4 Å². The molecule has 0 saturated carbocycles. The molecule has 34 heavy (non-hydrogen) atoms. The van der Waals surface area contributed by atoms with E-state index >= 15 is 0 Å². The van der Waals surface area contributed by atoms with Gasteiger partial charge in [0.25, 0.3) is 5.91 Å². The largest absolute Gasteiger partial charge is 0.504 e. The number of rotatable bonds is 6. The molecule has 2 aromatic rings. The first kappa shape index (κ1) is 24.3. The molecular weight excluding hydrogens is 426 g/mol. The Kier molecular flexibility index (Phi) is 6.99. The standard InChI is InChI=1S/C28H37N3O3/c1-7-34-26-15-21-22(14-25(26)32)27(29-24-12-13-30(6)16-23(21)24)19-8-10-20(11-9-19)28(33)31(17(2)3)18(4)5/h8-11,14-15,17-18,23-24,32H,7,12-13,16H2,1-6H3. The Morgan fingerprint density at radius 3 is 2.47 bits per heavy atom. The molecule has 2 aliphatic heterocycles. The number of fused-ring (bicyclic) bond motifs is 3. The zero-order valence-electron chi connectivity index (χ0n) is 21.2. The van der Waals surface area contributed by atoms with Crippen LogP contribution in [-0.2, 0) is 0 Å². The highest BCUT2D eigenvalue weighted by Gasteiger charge is 2.36. The van der Waals surface area contributed by atoms with Crippen LogP contribution in [0.5, 0.6) is 11.5 Å². The molecule has 2 aromatic carbocycles. The van der Waals surface area contributed by atoms with Crippen molar-refractivity contribution in [1.29, 1.82) is 0 Å². The minimum absolute atomic E-state index is 0.0388. The summed E-state index contributed by atoms with van der Waals surface area (Å²) in [7, 11) is 2.15. The monoisotopic (exact) mass is 463 g/mol.